The number of anilines is 1. The second-order valence-corrected chi connectivity index (χ2v) is 10.1. The van der Waals surface area contributed by atoms with Gasteiger partial charge in [0.25, 0.3) is 5.91 Å². The molecule has 1 N–H and O–H groups in total. The van der Waals surface area contributed by atoms with Gasteiger partial charge in [-0.05, 0) is 56.2 Å². The van der Waals surface area contributed by atoms with Gasteiger partial charge >= 0.3 is 6.01 Å². The summed E-state index contributed by atoms with van der Waals surface area (Å²) in [5, 5.41) is 9.92. The van der Waals surface area contributed by atoms with Crippen molar-refractivity contribution in [3.8, 4) is 5.75 Å². The molecule has 32 heavy (non-hydrogen) atoms. The first-order chi connectivity index (χ1) is 15.3. The largest absolute Gasteiger partial charge is 0.494 e. The van der Waals surface area contributed by atoms with Crippen LogP contribution >= 0.6 is 0 Å². The van der Waals surface area contributed by atoms with Crippen LogP contribution in [0.2, 0.25) is 0 Å². The quantitative estimate of drug-likeness (QED) is 0.452. The third-order valence-corrected chi connectivity index (χ3v) is 6.95. The number of hydrogen-bond donors (Lipinski definition) is 1. The number of carbonyl (C=O) groups excluding carboxylic acids is 1. The molecule has 0 atom stereocenters. The predicted molar refractivity (Wildman–Crippen MR) is 121 cm³/mol. The summed E-state index contributed by atoms with van der Waals surface area (Å²) < 4.78 is 35.6. The van der Waals surface area contributed by atoms with E-state index in [2.05, 4.69) is 22.4 Å². The molecule has 170 valence electrons. The molecule has 3 aromatic rings. The van der Waals surface area contributed by atoms with Gasteiger partial charge in [-0.15, -0.1) is 5.10 Å². The van der Waals surface area contributed by atoms with Crippen LogP contribution in [0.4, 0.5) is 6.01 Å². The number of amides is 1. The topological polar surface area (TPSA) is 111 Å². The normalized spacial score (nSPS) is 11.5. The summed E-state index contributed by atoms with van der Waals surface area (Å²) in [5.41, 5.74) is 1.23. The van der Waals surface area contributed by atoms with E-state index in [-0.39, 0.29) is 16.8 Å². The lowest BCUT2D eigenvalue weighted by Crippen LogP contribution is -2.13. The molecule has 0 radical (unpaired) electrons. The summed E-state index contributed by atoms with van der Waals surface area (Å²) in [6.45, 7) is 5.97. The molecule has 0 unspecified atom stereocenters. The highest BCUT2D eigenvalue weighted by Gasteiger charge is 2.19. The molecule has 0 aliphatic carbocycles. The highest BCUT2D eigenvalue weighted by Crippen LogP contribution is 2.19. The Bertz CT molecular complexity index is 1150. The molecule has 8 nitrogen and oxygen atoms in total. The van der Waals surface area contributed by atoms with E-state index >= 15 is 0 Å². The fourth-order valence-electron chi connectivity index (χ4n) is 2.85. The summed E-state index contributed by atoms with van der Waals surface area (Å²) in [5.74, 6) is 0.543. The number of aromatic nitrogens is 2. The molecule has 1 heterocycles. The molecular formula is C23H27N3O5S. The average Bonchev–Trinajstić information content (AvgIpc) is 3.21. The van der Waals surface area contributed by atoms with Crippen molar-refractivity contribution in [2.45, 2.75) is 50.2 Å². The number of sulfone groups is 1. The Morgan fingerprint density at radius 3 is 2.56 bits per heavy atom. The lowest BCUT2D eigenvalue weighted by Gasteiger charge is -2.08. The van der Waals surface area contributed by atoms with Crippen molar-refractivity contribution >= 4 is 21.8 Å². The fourth-order valence-corrected chi connectivity index (χ4v) is 3.91. The first-order valence-corrected chi connectivity index (χ1v) is 12.0. The first kappa shape index (κ1) is 23.5. The van der Waals surface area contributed by atoms with Crippen molar-refractivity contribution in [3.05, 3.63) is 65.5 Å². The number of ether oxygens (including phenoxy) is 1. The van der Waals surface area contributed by atoms with Crippen LogP contribution in [0, 0.1) is 0 Å². The maximum Gasteiger partial charge on any atom is 0.322 e. The molecule has 0 spiro atoms. The van der Waals surface area contributed by atoms with Crippen LogP contribution < -0.4 is 10.1 Å². The zero-order valence-corrected chi connectivity index (χ0v) is 19.2. The molecule has 0 aliphatic rings. The third kappa shape index (κ3) is 5.94. The minimum absolute atomic E-state index is 0.0127. The second kappa shape index (κ2) is 10.4. The molecule has 0 bridgehead atoms. The molecule has 2 aromatic carbocycles. The predicted octanol–water partition coefficient (Wildman–Crippen LogP) is 4.27. The van der Waals surface area contributed by atoms with Crippen molar-refractivity contribution in [2.75, 3.05) is 11.9 Å². The Labute approximate surface area is 187 Å². The van der Waals surface area contributed by atoms with Crippen LogP contribution in [0.1, 0.15) is 55.4 Å². The highest BCUT2D eigenvalue weighted by atomic mass is 32.2. The highest BCUT2D eigenvalue weighted by molar-refractivity contribution is 7.92. The van der Waals surface area contributed by atoms with Crippen LogP contribution in [0.15, 0.2) is 57.8 Å². The minimum atomic E-state index is -3.32. The van der Waals surface area contributed by atoms with Crippen LogP contribution in [0.5, 0.6) is 5.75 Å². The number of nitrogens with one attached hydrogen (secondary N) is 1. The van der Waals surface area contributed by atoms with E-state index in [1.807, 2.05) is 0 Å². The smallest absolute Gasteiger partial charge is 0.322 e. The number of carbonyl (C=O) groups is 1. The SMILES string of the molecule is CCCCOc1cccc(C(=O)Nc2nnc(Cc3ccc(S(=O)(=O)C(C)C)cc3)o2)c1. The second-order valence-electron chi connectivity index (χ2n) is 7.60. The molecule has 0 saturated carbocycles. The van der Waals surface area contributed by atoms with E-state index in [4.69, 9.17) is 9.15 Å². The van der Waals surface area contributed by atoms with Crippen LogP contribution in [-0.2, 0) is 16.3 Å². The summed E-state index contributed by atoms with van der Waals surface area (Å²) in [4.78, 5) is 12.8. The Balaban J connectivity index is 1.61. The molecule has 0 aliphatic heterocycles. The third-order valence-electron chi connectivity index (χ3n) is 4.78. The summed E-state index contributed by atoms with van der Waals surface area (Å²) in [6.07, 6.45) is 2.28. The summed E-state index contributed by atoms with van der Waals surface area (Å²) in [6, 6.07) is 13.4. The maximum absolute atomic E-state index is 12.5. The van der Waals surface area contributed by atoms with Crippen molar-refractivity contribution in [1.29, 1.82) is 0 Å². The summed E-state index contributed by atoms with van der Waals surface area (Å²) >= 11 is 0. The molecule has 1 amide bonds. The molecule has 1 aromatic heterocycles. The van der Waals surface area contributed by atoms with E-state index in [1.54, 1.807) is 62.4 Å². The van der Waals surface area contributed by atoms with Gasteiger partial charge in [-0.2, -0.15) is 0 Å². The van der Waals surface area contributed by atoms with Crippen molar-refractivity contribution < 1.29 is 22.4 Å². The van der Waals surface area contributed by atoms with Crippen molar-refractivity contribution in [3.63, 3.8) is 0 Å². The Morgan fingerprint density at radius 2 is 1.88 bits per heavy atom. The summed E-state index contributed by atoms with van der Waals surface area (Å²) in [7, 11) is -3.32. The minimum Gasteiger partial charge on any atom is -0.494 e. The monoisotopic (exact) mass is 457 g/mol. The number of rotatable bonds is 10. The van der Waals surface area contributed by atoms with Gasteiger partial charge in [-0.25, -0.2) is 8.42 Å². The zero-order chi connectivity index (χ0) is 23.1. The van der Waals surface area contributed by atoms with Crippen LogP contribution in [-0.4, -0.2) is 36.4 Å². The van der Waals surface area contributed by atoms with E-state index in [0.717, 1.165) is 18.4 Å². The zero-order valence-electron chi connectivity index (χ0n) is 18.4. The Kier molecular flexibility index (Phi) is 7.63. The van der Waals surface area contributed by atoms with Gasteiger partial charge in [0.2, 0.25) is 5.89 Å². The van der Waals surface area contributed by atoms with Gasteiger partial charge < -0.3 is 9.15 Å². The fraction of sp³-hybridized carbons (Fsp3) is 0.348. The van der Waals surface area contributed by atoms with Gasteiger partial charge in [0.05, 0.1) is 23.2 Å². The molecule has 0 saturated heterocycles. The Morgan fingerprint density at radius 1 is 1.12 bits per heavy atom. The van der Waals surface area contributed by atoms with Gasteiger partial charge in [0, 0.05) is 5.56 Å². The number of hydrogen-bond acceptors (Lipinski definition) is 7. The average molecular weight is 458 g/mol. The lowest BCUT2D eigenvalue weighted by atomic mass is 10.1. The molecular weight excluding hydrogens is 430 g/mol. The van der Waals surface area contributed by atoms with Crippen molar-refractivity contribution in [2.24, 2.45) is 0 Å². The van der Waals surface area contributed by atoms with Gasteiger partial charge in [-0.1, -0.05) is 36.6 Å². The van der Waals surface area contributed by atoms with E-state index in [9.17, 15) is 13.2 Å². The van der Waals surface area contributed by atoms with Crippen LogP contribution in [0.25, 0.3) is 0 Å². The van der Waals surface area contributed by atoms with Crippen LogP contribution in [0.3, 0.4) is 0 Å². The number of nitrogens with zero attached hydrogens (tertiary/aromatic N) is 2. The Hall–Kier alpha value is -3.20. The standard InChI is InChI=1S/C23H27N3O5S/c1-4-5-13-30-19-8-6-7-18(15-19)22(27)24-23-26-25-21(31-23)14-17-9-11-20(12-10-17)32(28,29)16(2)3/h6-12,15-16H,4-5,13-14H2,1-3H3,(H,24,26,27). The van der Waals surface area contributed by atoms with E-state index in [0.29, 0.717) is 30.2 Å². The van der Waals surface area contributed by atoms with Gasteiger partial charge in [-0.3, -0.25) is 10.1 Å². The number of benzene rings is 2. The first-order valence-electron chi connectivity index (χ1n) is 10.5. The molecule has 0 fully saturated rings. The van der Waals surface area contributed by atoms with Gasteiger partial charge in [0.1, 0.15) is 5.75 Å². The maximum atomic E-state index is 12.5. The van der Waals surface area contributed by atoms with Gasteiger partial charge in [0.15, 0.2) is 9.84 Å². The van der Waals surface area contributed by atoms with E-state index in [1.165, 1.54) is 0 Å². The van der Waals surface area contributed by atoms with E-state index < -0.39 is 15.1 Å². The lowest BCUT2D eigenvalue weighted by molar-refractivity contribution is 0.102. The molecule has 3 rings (SSSR count). The number of unbranched alkanes of at least 4 members (excludes halogenated alkanes) is 1. The van der Waals surface area contributed by atoms with Crippen molar-refractivity contribution in [1.82, 2.24) is 10.2 Å². The molecule has 9 heteroatoms.